The molecule has 5 nitrogen and oxygen atoms in total. The van der Waals surface area contributed by atoms with Gasteiger partial charge in [0, 0.05) is 27.6 Å². The highest BCUT2D eigenvalue weighted by Gasteiger charge is 2.36. The van der Waals surface area contributed by atoms with Gasteiger partial charge in [0.15, 0.2) is 0 Å². The molecule has 2 heterocycles. The Morgan fingerprint density at radius 1 is 1.22 bits per heavy atom. The average molecular weight is 379 g/mol. The summed E-state index contributed by atoms with van der Waals surface area (Å²) in [7, 11) is 0. The minimum atomic E-state index is -0.637. The first-order chi connectivity index (χ1) is 13.1. The second kappa shape index (κ2) is 6.85. The Bertz CT molecular complexity index is 1070. The molecule has 1 atom stereocenters. The minimum Gasteiger partial charge on any atom is -0.492 e. The van der Waals surface area contributed by atoms with Crippen LogP contribution in [0.1, 0.15) is 11.5 Å². The van der Waals surface area contributed by atoms with Crippen LogP contribution in [0.15, 0.2) is 67.5 Å². The number of amides is 2. The average Bonchev–Trinajstić information content (AvgIpc) is 3.11. The number of hydrogen-bond acceptors (Lipinski definition) is 4. The Kier molecular flexibility index (Phi) is 4.38. The van der Waals surface area contributed by atoms with Crippen molar-refractivity contribution >= 4 is 39.9 Å². The molecule has 0 saturated carbocycles. The Hall–Kier alpha value is -3.18. The molecule has 0 spiro atoms. The van der Waals surface area contributed by atoms with Crippen LogP contribution in [0, 0.1) is 0 Å². The van der Waals surface area contributed by atoms with Crippen LogP contribution in [-0.2, 0) is 9.59 Å². The second-order valence-corrected chi connectivity index (χ2v) is 6.58. The van der Waals surface area contributed by atoms with E-state index >= 15 is 0 Å². The fraction of sp³-hybridized carbons (Fsp3) is 0.0952. The topological polar surface area (TPSA) is 59.5 Å². The molecule has 0 radical (unpaired) electrons. The molecule has 1 aliphatic heterocycles. The number of carbonyl (C=O) groups is 2. The third kappa shape index (κ3) is 2.96. The van der Waals surface area contributed by atoms with Gasteiger partial charge < -0.3 is 4.74 Å². The van der Waals surface area contributed by atoms with Gasteiger partial charge in [0.25, 0.3) is 5.91 Å². The van der Waals surface area contributed by atoms with Gasteiger partial charge in [-0.3, -0.25) is 14.6 Å². The first-order valence-corrected chi connectivity index (χ1v) is 8.73. The van der Waals surface area contributed by atoms with Crippen molar-refractivity contribution in [1.82, 2.24) is 4.98 Å². The lowest BCUT2D eigenvalue weighted by Crippen LogP contribution is -2.40. The molecule has 0 fully saturated rings. The maximum absolute atomic E-state index is 13.4. The van der Waals surface area contributed by atoms with Crippen molar-refractivity contribution in [1.29, 1.82) is 0 Å². The molecule has 2 amide bonds. The van der Waals surface area contributed by atoms with Gasteiger partial charge in [-0.05, 0) is 24.3 Å². The summed E-state index contributed by atoms with van der Waals surface area (Å²) in [6, 6.07) is 12.6. The molecule has 27 heavy (non-hydrogen) atoms. The number of aromatic nitrogens is 1. The van der Waals surface area contributed by atoms with Crippen LogP contribution in [0.3, 0.4) is 0 Å². The molecule has 1 aliphatic rings. The smallest absolute Gasteiger partial charge is 0.257 e. The van der Waals surface area contributed by atoms with Gasteiger partial charge in [-0.25, -0.2) is 4.90 Å². The van der Waals surface area contributed by atoms with E-state index < -0.39 is 17.7 Å². The van der Waals surface area contributed by atoms with E-state index in [0.29, 0.717) is 22.0 Å². The van der Waals surface area contributed by atoms with Gasteiger partial charge in [0.05, 0.1) is 11.9 Å². The summed E-state index contributed by atoms with van der Waals surface area (Å²) in [6.07, 6.45) is 4.32. The van der Waals surface area contributed by atoms with Crippen molar-refractivity contribution in [2.75, 3.05) is 11.5 Å². The number of carbonyl (C=O) groups excluding carboxylic acids is 2. The van der Waals surface area contributed by atoms with E-state index in [1.54, 1.807) is 24.4 Å². The minimum absolute atomic E-state index is 0.146. The van der Waals surface area contributed by atoms with Crippen LogP contribution in [-0.4, -0.2) is 23.4 Å². The van der Waals surface area contributed by atoms with Crippen LogP contribution in [0.4, 0.5) is 5.69 Å². The van der Waals surface area contributed by atoms with E-state index in [4.69, 9.17) is 16.3 Å². The van der Waals surface area contributed by atoms with E-state index in [1.165, 1.54) is 6.20 Å². The quantitative estimate of drug-likeness (QED) is 0.643. The van der Waals surface area contributed by atoms with Crippen LogP contribution in [0.5, 0.6) is 5.75 Å². The first kappa shape index (κ1) is 17.2. The first-order valence-electron chi connectivity index (χ1n) is 8.35. The summed E-state index contributed by atoms with van der Waals surface area (Å²) in [4.78, 5) is 31.3. The standard InChI is InChI=1S/C21H15ClN2O3/c1-2-20(25)24(18-11-23-10-13-5-3-4-6-15(13)18)21(26)17-12-27-19-8-7-14(22)9-16(17)19/h2-11,17H,1,12H2. The SMILES string of the molecule is C=CC(=O)N(C(=O)C1COc2ccc(Cl)cc21)c1cncc2ccccc12. The lowest BCUT2D eigenvalue weighted by molar-refractivity contribution is -0.125. The highest BCUT2D eigenvalue weighted by atomic mass is 35.5. The predicted octanol–water partition coefficient (Wildman–Crippen LogP) is 4.11. The van der Waals surface area contributed by atoms with E-state index in [2.05, 4.69) is 11.6 Å². The number of ether oxygens (including phenoxy) is 1. The largest absolute Gasteiger partial charge is 0.492 e. The molecule has 0 aliphatic carbocycles. The fourth-order valence-corrected chi connectivity index (χ4v) is 3.44. The predicted molar refractivity (Wildman–Crippen MR) is 104 cm³/mol. The van der Waals surface area contributed by atoms with E-state index in [-0.39, 0.29) is 6.61 Å². The lowest BCUT2D eigenvalue weighted by Gasteiger charge is -2.23. The molecule has 0 bridgehead atoms. The monoisotopic (exact) mass is 378 g/mol. The van der Waals surface area contributed by atoms with Crippen molar-refractivity contribution in [2.45, 2.75) is 5.92 Å². The van der Waals surface area contributed by atoms with Gasteiger partial charge in [-0.2, -0.15) is 0 Å². The normalized spacial score (nSPS) is 15.1. The summed E-state index contributed by atoms with van der Waals surface area (Å²) in [5.41, 5.74) is 1.08. The summed E-state index contributed by atoms with van der Waals surface area (Å²) in [5, 5.41) is 2.09. The van der Waals surface area contributed by atoms with Crippen molar-refractivity contribution < 1.29 is 14.3 Å². The van der Waals surface area contributed by atoms with E-state index in [1.807, 2.05) is 24.3 Å². The molecule has 134 valence electrons. The fourth-order valence-electron chi connectivity index (χ4n) is 3.26. The maximum Gasteiger partial charge on any atom is 0.257 e. The molecule has 2 aromatic carbocycles. The highest BCUT2D eigenvalue weighted by molar-refractivity contribution is 6.30. The number of halogens is 1. The van der Waals surface area contributed by atoms with Crippen molar-refractivity contribution in [3.63, 3.8) is 0 Å². The van der Waals surface area contributed by atoms with Crippen molar-refractivity contribution in [2.24, 2.45) is 0 Å². The molecule has 3 aromatic rings. The van der Waals surface area contributed by atoms with Crippen LogP contribution in [0.2, 0.25) is 5.02 Å². The Balaban J connectivity index is 1.83. The third-order valence-corrected chi connectivity index (χ3v) is 4.79. The van der Waals surface area contributed by atoms with Gasteiger partial charge >= 0.3 is 0 Å². The zero-order chi connectivity index (χ0) is 19.0. The molecule has 6 heteroatoms. The van der Waals surface area contributed by atoms with Gasteiger partial charge in [-0.15, -0.1) is 0 Å². The van der Waals surface area contributed by atoms with E-state index in [9.17, 15) is 9.59 Å². The molecule has 4 rings (SSSR count). The van der Waals surface area contributed by atoms with Crippen molar-refractivity contribution in [3.05, 3.63) is 78.1 Å². The molecular formula is C21H15ClN2O3. The van der Waals surface area contributed by atoms with Crippen LogP contribution < -0.4 is 9.64 Å². The number of fused-ring (bicyclic) bond motifs is 2. The molecule has 1 unspecified atom stereocenters. The van der Waals surface area contributed by atoms with Crippen molar-refractivity contribution in [3.8, 4) is 5.75 Å². The Labute approximate surface area is 160 Å². The number of hydrogen-bond donors (Lipinski definition) is 0. The highest BCUT2D eigenvalue weighted by Crippen LogP contribution is 2.38. The zero-order valence-corrected chi connectivity index (χ0v) is 15.0. The summed E-state index contributed by atoms with van der Waals surface area (Å²) in [6.45, 7) is 3.68. The lowest BCUT2D eigenvalue weighted by atomic mass is 9.99. The summed E-state index contributed by atoms with van der Waals surface area (Å²) in [5.74, 6) is -0.964. The number of nitrogens with zero attached hydrogens (tertiary/aromatic N) is 2. The number of rotatable bonds is 3. The van der Waals surface area contributed by atoms with E-state index in [0.717, 1.165) is 21.7 Å². The summed E-state index contributed by atoms with van der Waals surface area (Å²) < 4.78 is 5.62. The molecule has 0 N–H and O–H groups in total. The Morgan fingerprint density at radius 2 is 2.04 bits per heavy atom. The summed E-state index contributed by atoms with van der Waals surface area (Å²) >= 11 is 6.08. The van der Waals surface area contributed by atoms with Gasteiger partial charge in [-0.1, -0.05) is 42.4 Å². The van der Waals surface area contributed by atoms with Crippen LogP contribution >= 0.6 is 11.6 Å². The second-order valence-electron chi connectivity index (χ2n) is 6.14. The number of pyridine rings is 1. The van der Waals surface area contributed by atoms with Crippen LogP contribution in [0.25, 0.3) is 10.8 Å². The number of benzene rings is 2. The number of imide groups is 1. The maximum atomic E-state index is 13.4. The van der Waals surface area contributed by atoms with Gasteiger partial charge in [0.1, 0.15) is 18.3 Å². The third-order valence-electron chi connectivity index (χ3n) is 4.55. The Morgan fingerprint density at radius 3 is 2.85 bits per heavy atom. The molecule has 0 saturated heterocycles. The molecule has 1 aromatic heterocycles. The van der Waals surface area contributed by atoms with Gasteiger partial charge in [0.2, 0.25) is 5.91 Å². The number of anilines is 1. The zero-order valence-electron chi connectivity index (χ0n) is 14.3. The molecular weight excluding hydrogens is 364 g/mol.